The Balaban J connectivity index is 1.93. The van der Waals surface area contributed by atoms with E-state index in [1.807, 2.05) is 13.0 Å². The number of piperazine rings is 1. The van der Waals surface area contributed by atoms with Crippen molar-refractivity contribution in [2.75, 3.05) is 53.6 Å². The number of carbonyl (C=O) groups is 2. The summed E-state index contributed by atoms with van der Waals surface area (Å²) >= 11 is 0. The van der Waals surface area contributed by atoms with E-state index in [0.717, 1.165) is 5.56 Å². The van der Waals surface area contributed by atoms with E-state index in [1.54, 1.807) is 31.3 Å². The van der Waals surface area contributed by atoms with Crippen LogP contribution in [0.15, 0.2) is 18.2 Å². The minimum Gasteiger partial charge on any atom is -0.493 e. The number of nitrogens with one attached hydrogen (secondary N) is 1. The molecule has 1 aromatic rings. The minimum atomic E-state index is -0.622. The van der Waals surface area contributed by atoms with Crippen LogP contribution in [0.5, 0.6) is 11.5 Å². The lowest BCUT2D eigenvalue weighted by Crippen LogP contribution is -2.53. The summed E-state index contributed by atoms with van der Waals surface area (Å²) in [7, 11) is 3.10. The van der Waals surface area contributed by atoms with Crippen molar-refractivity contribution in [1.82, 2.24) is 15.1 Å². The Bertz CT molecular complexity index is 629. The molecule has 1 heterocycles. The fraction of sp³-hybridized carbons (Fsp3) is 0.556. The molecule has 2 rings (SSSR count). The Kier molecular flexibility index (Phi) is 7.23. The maximum absolute atomic E-state index is 12.4. The lowest BCUT2D eigenvalue weighted by Gasteiger charge is -2.34. The fourth-order valence-corrected chi connectivity index (χ4v) is 2.92. The van der Waals surface area contributed by atoms with Gasteiger partial charge in [-0.15, -0.1) is 0 Å². The molecule has 1 saturated heterocycles. The summed E-state index contributed by atoms with van der Waals surface area (Å²) < 4.78 is 10.5. The van der Waals surface area contributed by atoms with E-state index < -0.39 is 11.8 Å². The van der Waals surface area contributed by atoms with E-state index in [1.165, 1.54) is 0 Å². The summed E-state index contributed by atoms with van der Waals surface area (Å²) in [6.07, 6.45) is 0. The molecular weight excluding hydrogens is 338 g/mol. The summed E-state index contributed by atoms with van der Waals surface area (Å²) in [6, 6.07) is 5.02. The zero-order chi connectivity index (χ0) is 19.1. The van der Waals surface area contributed by atoms with E-state index in [2.05, 4.69) is 10.2 Å². The van der Waals surface area contributed by atoms with E-state index >= 15 is 0 Å². The summed E-state index contributed by atoms with van der Waals surface area (Å²) in [5.74, 6) is 0.0212. The van der Waals surface area contributed by atoms with E-state index in [9.17, 15) is 9.59 Å². The number of aliphatic hydroxyl groups excluding tert-OH is 1. The first-order valence-electron chi connectivity index (χ1n) is 8.65. The molecule has 1 aromatic carbocycles. The van der Waals surface area contributed by atoms with Crippen LogP contribution in [0.25, 0.3) is 0 Å². The zero-order valence-electron chi connectivity index (χ0n) is 15.5. The van der Waals surface area contributed by atoms with E-state index in [-0.39, 0.29) is 12.6 Å². The second-order valence-corrected chi connectivity index (χ2v) is 6.17. The van der Waals surface area contributed by atoms with Gasteiger partial charge in [-0.3, -0.25) is 14.5 Å². The highest BCUT2D eigenvalue weighted by Gasteiger charge is 2.27. The number of β-amino-alcohol motifs (C(OH)–C–C–N with tert-alkyl or cyclic N) is 1. The maximum Gasteiger partial charge on any atom is 0.311 e. The molecule has 1 aliphatic rings. The third-order valence-electron chi connectivity index (χ3n) is 4.53. The quantitative estimate of drug-likeness (QED) is 0.691. The van der Waals surface area contributed by atoms with Gasteiger partial charge in [0, 0.05) is 32.7 Å². The molecule has 1 aliphatic heterocycles. The van der Waals surface area contributed by atoms with Gasteiger partial charge in [0.05, 0.1) is 26.9 Å². The SMILES string of the molecule is COc1ccc(C(C)NC(=O)C(=O)N2CCN(CCO)CC2)cc1OC. The van der Waals surface area contributed by atoms with Gasteiger partial charge in [-0.2, -0.15) is 0 Å². The predicted octanol–water partition coefficient (Wildman–Crippen LogP) is 0.0175. The standard InChI is InChI=1S/C18H27N3O5/c1-13(14-4-5-15(25-2)16(12-14)26-3)19-17(23)18(24)21-8-6-20(7-9-21)10-11-22/h4-5,12-13,22H,6-11H2,1-3H3,(H,19,23). The first-order chi connectivity index (χ1) is 12.5. The zero-order valence-corrected chi connectivity index (χ0v) is 15.5. The largest absolute Gasteiger partial charge is 0.493 e. The second-order valence-electron chi connectivity index (χ2n) is 6.17. The summed E-state index contributed by atoms with van der Waals surface area (Å²) in [6.45, 7) is 4.77. The lowest BCUT2D eigenvalue weighted by atomic mass is 10.1. The van der Waals surface area contributed by atoms with E-state index in [0.29, 0.717) is 44.2 Å². The molecule has 144 valence electrons. The van der Waals surface area contributed by atoms with Crippen molar-refractivity contribution in [3.05, 3.63) is 23.8 Å². The van der Waals surface area contributed by atoms with Gasteiger partial charge in [0.1, 0.15) is 0 Å². The first-order valence-corrected chi connectivity index (χ1v) is 8.65. The molecule has 1 atom stereocenters. The highest BCUT2D eigenvalue weighted by atomic mass is 16.5. The molecule has 1 fully saturated rings. The molecule has 2 N–H and O–H groups in total. The Morgan fingerprint density at radius 1 is 1.15 bits per heavy atom. The Morgan fingerprint density at radius 2 is 1.81 bits per heavy atom. The van der Waals surface area contributed by atoms with Crippen LogP contribution in [0.2, 0.25) is 0 Å². The molecule has 0 bridgehead atoms. The highest BCUT2D eigenvalue weighted by molar-refractivity contribution is 6.35. The molecule has 26 heavy (non-hydrogen) atoms. The molecule has 0 aliphatic carbocycles. The highest BCUT2D eigenvalue weighted by Crippen LogP contribution is 2.29. The number of nitrogens with zero attached hydrogens (tertiary/aromatic N) is 2. The average Bonchev–Trinajstić information content (AvgIpc) is 2.67. The lowest BCUT2D eigenvalue weighted by molar-refractivity contribution is -0.147. The molecular formula is C18H27N3O5. The van der Waals surface area contributed by atoms with Gasteiger partial charge in [-0.05, 0) is 24.6 Å². The number of methoxy groups -OCH3 is 2. The third-order valence-corrected chi connectivity index (χ3v) is 4.53. The Morgan fingerprint density at radius 3 is 2.38 bits per heavy atom. The predicted molar refractivity (Wildman–Crippen MR) is 96.2 cm³/mol. The third kappa shape index (κ3) is 4.86. The van der Waals surface area contributed by atoms with Gasteiger partial charge in [-0.1, -0.05) is 6.07 Å². The smallest absolute Gasteiger partial charge is 0.311 e. The van der Waals surface area contributed by atoms with Crippen LogP contribution in [-0.4, -0.2) is 80.3 Å². The normalized spacial score (nSPS) is 16.1. The van der Waals surface area contributed by atoms with Gasteiger partial charge >= 0.3 is 11.8 Å². The monoisotopic (exact) mass is 365 g/mol. The van der Waals surface area contributed by atoms with Crippen LogP contribution in [0.4, 0.5) is 0 Å². The topological polar surface area (TPSA) is 91.3 Å². The van der Waals surface area contributed by atoms with Crippen LogP contribution in [0.3, 0.4) is 0 Å². The number of carbonyl (C=O) groups excluding carboxylic acids is 2. The number of amides is 2. The molecule has 1 unspecified atom stereocenters. The maximum atomic E-state index is 12.4. The average molecular weight is 365 g/mol. The van der Waals surface area contributed by atoms with Gasteiger partial charge in [0.2, 0.25) is 0 Å². The number of hydrogen-bond acceptors (Lipinski definition) is 6. The second kappa shape index (κ2) is 9.40. The molecule has 8 heteroatoms. The number of hydrogen-bond donors (Lipinski definition) is 2. The molecule has 0 spiro atoms. The molecule has 8 nitrogen and oxygen atoms in total. The minimum absolute atomic E-state index is 0.0945. The fourth-order valence-electron chi connectivity index (χ4n) is 2.92. The van der Waals surface area contributed by atoms with Crippen LogP contribution in [0, 0.1) is 0 Å². The van der Waals surface area contributed by atoms with Gasteiger partial charge in [0.25, 0.3) is 0 Å². The Hall–Kier alpha value is -2.32. The van der Waals surface area contributed by atoms with Crippen molar-refractivity contribution < 1.29 is 24.2 Å². The van der Waals surface area contributed by atoms with Gasteiger partial charge in [-0.25, -0.2) is 0 Å². The van der Waals surface area contributed by atoms with Gasteiger partial charge in [0.15, 0.2) is 11.5 Å². The van der Waals surface area contributed by atoms with Crippen molar-refractivity contribution in [2.24, 2.45) is 0 Å². The van der Waals surface area contributed by atoms with Crippen molar-refractivity contribution in [3.63, 3.8) is 0 Å². The molecule has 2 amide bonds. The van der Waals surface area contributed by atoms with E-state index in [4.69, 9.17) is 14.6 Å². The molecule has 0 radical (unpaired) electrons. The van der Waals surface area contributed by atoms with Crippen molar-refractivity contribution in [2.45, 2.75) is 13.0 Å². The van der Waals surface area contributed by atoms with Crippen LogP contribution in [-0.2, 0) is 9.59 Å². The Labute approximate surface area is 153 Å². The van der Waals surface area contributed by atoms with Crippen LogP contribution < -0.4 is 14.8 Å². The summed E-state index contributed by atoms with van der Waals surface area (Å²) in [4.78, 5) is 28.3. The number of aliphatic hydroxyl groups is 1. The van der Waals surface area contributed by atoms with Crippen molar-refractivity contribution in [1.29, 1.82) is 0 Å². The first kappa shape index (κ1) is 20.0. The number of rotatable bonds is 6. The number of ether oxygens (including phenoxy) is 2. The summed E-state index contributed by atoms with van der Waals surface area (Å²) in [5.41, 5.74) is 0.816. The number of benzene rings is 1. The van der Waals surface area contributed by atoms with Gasteiger partial charge < -0.3 is 24.8 Å². The van der Waals surface area contributed by atoms with Crippen LogP contribution in [0.1, 0.15) is 18.5 Å². The molecule has 0 saturated carbocycles. The van der Waals surface area contributed by atoms with Crippen LogP contribution >= 0.6 is 0 Å². The summed E-state index contributed by atoms with van der Waals surface area (Å²) in [5, 5.41) is 11.7. The van der Waals surface area contributed by atoms with Crippen molar-refractivity contribution in [3.8, 4) is 11.5 Å². The van der Waals surface area contributed by atoms with Crippen molar-refractivity contribution >= 4 is 11.8 Å². The molecule has 0 aromatic heterocycles.